The first kappa shape index (κ1) is 18.9. The van der Waals surface area contributed by atoms with E-state index < -0.39 is 0 Å². The van der Waals surface area contributed by atoms with E-state index in [1.165, 1.54) is 0 Å². The van der Waals surface area contributed by atoms with Crippen LogP contribution in [0.4, 0.5) is 0 Å². The first-order chi connectivity index (χ1) is 13.4. The maximum Gasteiger partial charge on any atom is 0.200 e. The lowest BCUT2D eigenvalue weighted by Crippen LogP contribution is -2.13. The van der Waals surface area contributed by atoms with Crippen LogP contribution in [0.3, 0.4) is 0 Å². The maximum atomic E-state index is 6.28. The number of hydrogen-bond donors (Lipinski definition) is 1. The number of halogens is 2. The summed E-state index contributed by atoms with van der Waals surface area (Å²) in [6.45, 7) is 4.54. The van der Waals surface area contributed by atoms with E-state index in [9.17, 15) is 0 Å². The Bertz CT molecular complexity index is 1190. The predicted octanol–water partition coefficient (Wildman–Crippen LogP) is 4.60. The Balaban J connectivity index is 1.66. The van der Waals surface area contributed by atoms with Crippen LogP contribution in [0.25, 0.3) is 5.69 Å². The molecule has 144 valence electrons. The van der Waals surface area contributed by atoms with E-state index in [0.717, 1.165) is 22.6 Å². The molecule has 1 atom stereocenters. The molecule has 0 radical (unpaired) electrons. The lowest BCUT2D eigenvalue weighted by Gasteiger charge is -2.12. The SMILES string of the molecule is Cc1cnn([C@@H](C)c2n[nH]c(=S)n2-c2cnn(Cc3ccc(Cl)cc3Cl)c2)c1. The molecule has 0 saturated heterocycles. The highest BCUT2D eigenvalue weighted by molar-refractivity contribution is 7.71. The standard InChI is InChI=1S/C18H17Cl2N7S/c1-11-6-22-26(8-11)12(2)17-23-24-18(28)27(17)15-7-21-25(10-15)9-13-3-4-14(19)5-16(13)20/h3-8,10,12H,9H2,1-2H3,(H,24,28)/t12-/m0/s1. The lowest BCUT2D eigenvalue weighted by atomic mass is 10.2. The van der Waals surface area contributed by atoms with Crippen LogP contribution in [0.2, 0.25) is 10.0 Å². The molecular weight excluding hydrogens is 417 g/mol. The van der Waals surface area contributed by atoms with Crippen molar-refractivity contribution in [3.63, 3.8) is 0 Å². The first-order valence-electron chi connectivity index (χ1n) is 8.57. The summed E-state index contributed by atoms with van der Waals surface area (Å²) < 4.78 is 6.01. The van der Waals surface area contributed by atoms with Gasteiger partial charge >= 0.3 is 0 Å². The van der Waals surface area contributed by atoms with E-state index in [2.05, 4.69) is 20.4 Å². The quantitative estimate of drug-likeness (QED) is 0.467. The summed E-state index contributed by atoms with van der Waals surface area (Å²) in [5.74, 6) is 0.747. The van der Waals surface area contributed by atoms with E-state index in [1.807, 2.05) is 53.8 Å². The summed E-state index contributed by atoms with van der Waals surface area (Å²) in [6.07, 6.45) is 7.44. The zero-order chi connectivity index (χ0) is 19.8. The average Bonchev–Trinajstić information content (AvgIpc) is 3.37. The minimum atomic E-state index is -0.101. The molecule has 3 aromatic heterocycles. The van der Waals surface area contributed by atoms with Gasteiger partial charge in [0.1, 0.15) is 6.04 Å². The Morgan fingerprint density at radius 1 is 1.18 bits per heavy atom. The van der Waals surface area contributed by atoms with Gasteiger partial charge in [0.15, 0.2) is 10.6 Å². The lowest BCUT2D eigenvalue weighted by molar-refractivity contribution is 0.527. The molecule has 3 heterocycles. The molecule has 0 spiro atoms. The van der Waals surface area contributed by atoms with Crippen molar-refractivity contribution in [3.05, 3.63) is 74.8 Å². The van der Waals surface area contributed by atoms with Crippen molar-refractivity contribution in [1.29, 1.82) is 0 Å². The van der Waals surface area contributed by atoms with Gasteiger partial charge in [-0.2, -0.15) is 15.3 Å². The van der Waals surface area contributed by atoms with Crippen LogP contribution < -0.4 is 0 Å². The number of nitrogens with one attached hydrogen (secondary N) is 1. The van der Waals surface area contributed by atoms with E-state index in [4.69, 9.17) is 35.4 Å². The molecule has 0 aliphatic rings. The van der Waals surface area contributed by atoms with Crippen LogP contribution in [0.15, 0.2) is 43.0 Å². The molecule has 28 heavy (non-hydrogen) atoms. The van der Waals surface area contributed by atoms with Gasteiger partial charge in [0.2, 0.25) is 0 Å². The van der Waals surface area contributed by atoms with E-state index in [1.54, 1.807) is 16.9 Å². The van der Waals surface area contributed by atoms with Crippen LogP contribution in [-0.4, -0.2) is 34.3 Å². The fourth-order valence-electron chi connectivity index (χ4n) is 2.98. The third kappa shape index (κ3) is 3.63. The molecule has 1 N–H and O–H groups in total. The van der Waals surface area contributed by atoms with Gasteiger partial charge in [-0.15, -0.1) is 0 Å². The van der Waals surface area contributed by atoms with Crippen molar-refractivity contribution in [2.75, 3.05) is 0 Å². The molecule has 4 rings (SSSR count). The summed E-state index contributed by atoms with van der Waals surface area (Å²) in [5.41, 5.74) is 2.83. The highest BCUT2D eigenvalue weighted by atomic mass is 35.5. The van der Waals surface area contributed by atoms with Crippen molar-refractivity contribution in [2.45, 2.75) is 26.4 Å². The minimum Gasteiger partial charge on any atom is -0.267 e. The largest absolute Gasteiger partial charge is 0.267 e. The molecule has 0 unspecified atom stereocenters. The van der Waals surface area contributed by atoms with Gasteiger partial charge in [-0.1, -0.05) is 29.3 Å². The van der Waals surface area contributed by atoms with Crippen molar-refractivity contribution in [2.24, 2.45) is 0 Å². The van der Waals surface area contributed by atoms with Gasteiger partial charge < -0.3 is 0 Å². The highest BCUT2D eigenvalue weighted by Crippen LogP contribution is 2.23. The summed E-state index contributed by atoms with van der Waals surface area (Å²) in [7, 11) is 0. The fraction of sp³-hybridized carbons (Fsp3) is 0.222. The third-order valence-corrected chi connectivity index (χ3v) is 5.29. The monoisotopic (exact) mass is 433 g/mol. The maximum absolute atomic E-state index is 6.28. The van der Waals surface area contributed by atoms with Crippen molar-refractivity contribution < 1.29 is 0 Å². The number of aryl methyl sites for hydroxylation is 1. The third-order valence-electron chi connectivity index (χ3n) is 4.42. The minimum absolute atomic E-state index is 0.101. The predicted molar refractivity (Wildman–Crippen MR) is 111 cm³/mol. The number of benzene rings is 1. The number of rotatable bonds is 5. The number of nitrogens with zero attached hydrogens (tertiary/aromatic N) is 6. The summed E-state index contributed by atoms with van der Waals surface area (Å²) in [5, 5.41) is 17.3. The Morgan fingerprint density at radius 3 is 2.71 bits per heavy atom. The van der Waals surface area contributed by atoms with Gasteiger partial charge in [-0.05, 0) is 49.3 Å². The second kappa shape index (κ2) is 7.54. The molecule has 0 fully saturated rings. The van der Waals surface area contributed by atoms with Crippen molar-refractivity contribution in [3.8, 4) is 5.69 Å². The summed E-state index contributed by atoms with van der Waals surface area (Å²) in [4.78, 5) is 0. The molecule has 0 aliphatic heterocycles. The van der Waals surface area contributed by atoms with Gasteiger partial charge in [0.05, 0.1) is 24.6 Å². The highest BCUT2D eigenvalue weighted by Gasteiger charge is 2.19. The van der Waals surface area contributed by atoms with Crippen LogP contribution in [-0.2, 0) is 6.54 Å². The average molecular weight is 434 g/mol. The Labute approximate surface area is 176 Å². The van der Waals surface area contributed by atoms with Crippen LogP contribution in [0.5, 0.6) is 0 Å². The molecule has 7 nitrogen and oxygen atoms in total. The normalized spacial score (nSPS) is 12.4. The molecule has 10 heteroatoms. The number of aromatic amines is 1. The molecular formula is C18H17Cl2N7S. The van der Waals surface area contributed by atoms with Gasteiger partial charge in [0.25, 0.3) is 0 Å². The Kier molecular flexibility index (Phi) is 5.09. The molecule has 0 bridgehead atoms. The number of H-pyrrole nitrogens is 1. The topological polar surface area (TPSA) is 69.2 Å². The smallest absolute Gasteiger partial charge is 0.200 e. The molecule has 0 saturated carbocycles. The van der Waals surface area contributed by atoms with Crippen molar-refractivity contribution >= 4 is 35.4 Å². The second-order valence-electron chi connectivity index (χ2n) is 6.53. The second-order valence-corrected chi connectivity index (χ2v) is 7.76. The van der Waals surface area contributed by atoms with Gasteiger partial charge in [0, 0.05) is 22.4 Å². The zero-order valence-electron chi connectivity index (χ0n) is 15.2. The van der Waals surface area contributed by atoms with E-state index >= 15 is 0 Å². The fourth-order valence-corrected chi connectivity index (χ4v) is 3.69. The van der Waals surface area contributed by atoms with E-state index in [-0.39, 0.29) is 6.04 Å². The first-order valence-corrected chi connectivity index (χ1v) is 9.73. The van der Waals surface area contributed by atoms with Gasteiger partial charge in [-0.25, -0.2) is 0 Å². The Morgan fingerprint density at radius 2 is 2.00 bits per heavy atom. The van der Waals surface area contributed by atoms with Crippen molar-refractivity contribution in [1.82, 2.24) is 34.3 Å². The zero-order valence-corrected chi connectivity index (χ0v) is 17.5. The van der Waals surface area contributed by atoms with E-state index in [0.29, 0.717) is 21.4 Å². The summed E-state index contributed by atoms with van der Waals surface area (Å²) >= 11 is 17.7. The Hall–Kier alpha value is -2.42. The molecule has 0 amide bonds. The number of hydrogen-bond acceptors (Lipinski definition) is 4. The number of aromatic nitrogens is 7. The van der Waals surface area contributed by atoms with Gasteiger partial charge in [-0.3, -0.25) is 19.0 Å². The van der Waals surface area contributed by atoms with Crippen LogP contribution in [0, 0.1) is 11.7 Å². The molecule has 0 aliphatic carbocycles. The molecule has 1 aromatic carbocycles. The van der Waals surface area contributed by atoms with Crippen LogP contribution in [0.1, 0.15) is 29.9 Å². The van der Waals surface area contributed by atoms with Crippen LogP contribution >= 0.6 is 35.4 Å². The molecule has 4 aromatic rings. The summed E-state index contributed by atoms with van der Waals surface area (Å²) in [6, 6.07) is 5.32.